The maximum Gasteiger partial charge on any atom is 0.284 e. The lowest BCUT2D eigenvalue weighted by atomic mass is 9.84. The molecule has 4 aromatic rings. The molecule has 2 saturated heterocycles. The number of carbonyl (C=O) groups excluding carboxylic acids is 5. The molecule has 3 aliphatic heterocycles. The van der Waals surface area contributed by atoms with Gasteiger partial charge < -0.3 is 20.3 Å². The summed E-state index contributed by atoms with van der Waals surface area (Å²) >= 11 is 0. The van der Waals surface area contributed by atoms with Crippen LogP contribution in [0, 0.1) is 5.92 Å². The molecule has 0 bridgehead atoms. The quantitative estimate of drug-likeness (QED) is 0.162. The Balaban J connectivity index is 0.767. The van der Waals surface area contributed by atoms with Crippen molar-refractivity contribution in [2.45, 2.75) is 114 Å². The van der Waals surface area contributed by atoms with Crippen molar-refractivity contribution in [1.29, 1.82) is 0 Å². The number of nitrogens with zero attached hydrogens (tertiary/aromatic N) is 7. The van der Waals surface area contributed by atoms with Gasteiger partial charge in [-0.2, -0.15) is 10.2 Å². The lowest BCUT2D eigenvalue weighted by Crippen LogP contribution is -2.54. The van der Waals surface area contributed by atoms with Gasteiger partial charge in [0.2, 0.25) is 11.8 Å². The van der Waals surface area contributed by atoms with Crippen molar-refractivity contribution in [3.8, 4) is 0 Å². The van der Waals surface area contributed by atoms with Gasteiger partial charge in [0, 0.05) is 68.0 Å². The van der Waals surface area contributed by atoms with E-state index in [-0.39, 0.29) is 53.2 Å². The van der Waals surface area contributed by atoms with Crippen LogP contribution in [0.5, 0.6) is 0 Å². The summed E-state index contributed by atoms with van der Waals surface area (Å²) in [4.78, 5) is 72.7. The normalized spacial score (nSPS) is 25.1. The van der Waals surface area contributed by atoms with Gasteiger partial charge in [0.05, 0.1) is 29.1 Å². The van der Waals surface area contributed by atoms with E-state index in [0.717, 1.165) is 81.3 Å². The number of piperidine rings is 1. The highest BCUT2D eigenvalue weighted by Crippen LogP contribution is 2.38. The van der Waals surface area contributed by atoms with E-state index in [0.29, 0.717) is 36.5 Å². The molecule has 5 aliphatic rings. The highest BCUT2D eigenvalue weighted by atomic mass is 19.3. The second-order valence-corrected chi connectivity index (χ2v) is 17.2. The first-order valence-electron chi connectivity index (χ1n) is 21.4. The summed E-state index contributed by atoms with van der Waals surface area (Å²) in [5.74, 6) is -2.00. The number of alkyl halides is 2. The van der Waals surface area contributed by atoms with E-state index in [1.165, 1.54) is 16.9 Å². The van der Waals surface area contributed by atoms with E-state index in [1.807, 2.05) is 6.07 Å². The average Bonchev–Trinajstić information content (AvgIpc) is 3.96. The van der Waals surface area contributed by atoms with Gasteiger partial charge in [-0.05, 0) is 102 Å². The van der Waals surface area contributed by atoms with Crippen LogP contribution in [0.25, 0.3) is 5.65 Å². The lowest BCUT2D eigenvalue weighted by molar-refractivity contribution is -0.136. The van der Waals surface area contributed by atoms with Gasteiger partial charge in [0.15, 0.2) is 11.3 Å². The Morgan fingerprint density at radius 1 is 0.951 bits per heavy atom. The van der Waals surface area contributed by atoms with Gasteiger partial charge in [-0.25, -0.2) is 18.3 Å². The smallest absolute Gasteiger partial charge is 0.284 e. The molecule has 0 radical (unpaired) electrons. The number of hydrogen-bond acceptors (Lipinski definition) is 11. The summed E-state index contributed by atoms with van der Waals surface area (Å²) in [6.45, 7) is 2.22. The summed E-state index contributed by atoms with van der Waals surface area (Å²) in [6, 6.07) is 6.44. The molecular weight excluding hydrogens is 791 g/mol. The van der Waals surface area contributed by atoms with Gasteiger partial charge in [-0.3, -0.25) is 38.9 Å². The van der Waals surface area contributed by atoms with Crippen molar-refractivity contribution in [2.24, 2.45) is 5.92 Å². The Labute approximate surface area is 350 Å². The Hall–Kier alpha value is -5.62. The van der Waals surface area contributed by atoms with E-state index in [2.05, 4.69) is 38.1 Å². The van der Waals surface area contributed by atoms with Crippen LogP contribution in [0.4, 0.5) is 20.2 Å². The van der Waals surface area contributed by atoms with Gasteiger partial charge in [0.25, 0.3) is 24.1 Å². The zero-order chi connectivity index (χ0) is 42.4. The first kappa shape index (κ1) is 40.8. The third-order valence-electron chi connectivity index (χ3n) is 13.4. The maximum atomic E-state index is 14.3. The van der Waals surface area contributed by atoms with Crippen molar-refractivity contribution < 1.29 is 37.5 Å². The monoisotopic (exact) mass is 840 g/mol. The largest absolute Gasteiger partial charge is 0.382 e. The van der Waals surface area contributed by atoms with Gasteiger partial charge in [-0.15, -0.1) is 0 Å². The predicted molar refractivity (Wildman–Crippen MR) is 217 cm³/mol. The number of anilines is 2. The molecule has 18 heteroatoms. The molecule has 2 aliphatic carbocycles. The molecule has 6 heterocycles. The summed E-state index contributed by atoms with van der Waals surface area (Å²) in [7, 11) is 2.16. The van der Waals surface area contributed by atoms with Gasteiger partial charge in [0.1, 0.15) is 11.6 Å². The van der Waals surface area contributed by atoms with Crippen LogP contribution in [0.15, 0.2) is 42.9 Å². The van der Waals surface area contributed by atoms with Crippen LogP contribution in [0.2, 0.25) is 0 Å². The van der Waals surface area contributed by atoms with E-state index in [1.54, 1.807) is 29.1 Å². The number of hydrogen-bond donors (Lipinski definition) is 3. The van der Waals surface area contributed by atoms with Crippen LogP contribution in [0.1, 0.15) is 138 Å². The van der Waals surface area contributed by atoms with E-state index in [9.17, 15) is 32.8 Å². The fraction of sp³-hybridized carbons (Fsp3) is 0.535. The van der Waals surface area contributed by atoms with Crippen LogP contribution >= 0.6 is 0 Å². The van der Waals surface area contributed by atoms with Crippen LogP contribution in [-0.4, -0.2) is 109 Å². The molecule has 4 fully saturated rings. The molecule has 322 valence electrons. The SMILES string of the molecule is CN(CC1CCC(n2cc(NC(=O)c3cnn4ccc(C5CCOCC5)nc34)c(C(F)F)n2)CC1)C1CCC(Nc2cccc3c2C(=O)N(C2CCC(=O)NC2=O)C3=O)CC1. The topological polar surface area (TPSA) is 185 Å². The van der Waals surface area contributed by atoms with E-state index >= 15 is 0 Å². The Morgan fingerprint density at radius 2 is 1.72 bits per heavy atom. The number of benzene rings is 1. The molecule has 16 nitrogen and oxygen atoms in total. The van der Waals surface area contributed by atoms with Gasteiger partial charge in [-0.1, -0.05) is 6.07 Å². The average molecular weight is 841 g/mol. The first-order chi connectivity index (χ1) is 29.5. The number of ether oxygens (including phenoxy) is 1. The molecule has 0 spiro atoms. The minimum absolute atomic E-state index is 0.0159. The Morgan fingerprint density at radius 3 is 2.46 bits per heavy atom. The molecule has 9 rings (SSSR count). The molecular formula is C43H50F2N10O6. The minimum atomic E-state index is -2.87. The third-order valence-corrected chi connectivity index (χ3v) is 13.4. The Bertz CT molecular complexity index is 2340. The number of imide groups is 2. The predicted octanol–water partition coefficient (Wildman–Crippen LogP) is 5.50. The molecule has 5 amide bonds. The number of rotatable bonds is 11. The molecule has 1 atom stereocenters. The molecule has 3 N–H and O–H groups in total. The second kappa shape index (κ2) is 17.0. The molecule has 1 unspecified atom stereocenters. The van der Waals surface area contributed by atoms with Crippen LogP contribution < -0.4 is 16.0 Å². The van der Waals surface area contributed by atoms with Crippen molar-refractivity contribution >= 4 is 46.6 Å². The number of nitrogens with one attached hydrogen (secondary N) is 3. The number of halogens is 2. The van der Waals surface area contributed by atoms with Crippen molar-refractivity contribution in [3.05, 3.63) is 70.9 Å². The molecule has 61 heavy (non-hydrogen) atoms. The summed E-state index contributed by atoms with van der Waals surface area (Å²) in [5.41, 5.74) is 2.05. The standard InChI is InChI=1S/C43H50F2N10O6/c1-52(27-11-7-26(8-12-27)47-32-4-2-3-29-36(32)43(60)55(42(29)59)34-13-14-35(56)50-41(34)58)22-24-5-9-28(10-6-24)54-23-33(37(51-54)38(44)45)49-40(57)30-21-46-53-18-15-31(48-39(30)53)25-16-19-61-20-17-25/h2-4,15,18,21,23-28,34,38,47H,5-14,16-17,19-20,22H2,1H3,(H,49,57)(H,50,56,58). The van der Waals surface area contributed by atoms with Crippen molar-refractivity contribution in [1.82, 2.24) is 39.5 Å². The number of aromatic nitrogens is 5. The number of fused-ring (bicyclic) bond motifs is 2. The zero-order valence-corrected chi connectivity index (χ0v) is 34.0. The molecule has 2 saturated carbocycles. The van der Waals surface area contributed by atoms with Crippen LogP contribution in [-0.2, 0) is 14.3 Å². The zero-order valence-electron chi connectivity index (χ0n) is 34.0. The highest BCUT2D eigenvalue weighted by molar-refractivity contribution is 6.25. The maximum absolute atomic E-state index is 14.3. The first-order valence-corrected chi connectivity index (χ1v) is 21.4. The Kier molecular flexibility index (Phi) is 11.4. The summed E-state index contributed by atoms with van der Waals surface area (Å²) < 4.78 is 37.2. The summed E-state index contributed by atoms with van der Waals surface area (Å²) in [6.07, 6.45) is 10.7. The number of carbonyl (C=O) groups is 5. The second-order valence-electron chi connectivity index (χ2n) is 17.2. The number of amides is 5. The van der Waals surface area contributed by atoms with Crippen molar-refractivity contribution in [3.63, 3.8) is 0 Å². The fourth-order valence-corrected chi connectivity index (χ4v) is 9.97. The molecule has 1 aromatic carbocycles. The van der Waals surface area contributed by atoms with Crippen LogP contribution in [0.3, 0.4) is 0 Å². The third kappa shape index (κ3) is 8.14. The van der Waals surface area contributed by atoms with Crippen molar-refractivity contribution in [2.75, 3.05) is 37.4 Å². The van der Waals surface area contributed by atoms with Gasteiger partial charge >= 0.3 is 0 Å². The fourth-order valence-electron chi connectivity index (χ4n) is 9.97. The highest BCUT2D eigenvalue weighted by Gasteiger charge is 2.46. The van der Waals surface area contributed by atoms with E-state index in [4.69, 9.17) is 9.72 Å². The summed E-state index contributed by atoms with van der Waals surface area (Å²) in [5, 5.41) is 17.0. The minimum Gasteiger partial charge on any atom is -0.382 e. The lowest BCUT2D eigenvalue weighted by Gasteiger charge is -2.38. The van der Waals surface area contributed by atoms with E-state index < -0.39 is 47.7 Å². The molecule has 3 aromatic heterocycles.